The molecule has 0 saturated carbocycles. The largest absolute Gasteiger partial charge is 0.454 e. The zero-order valence-corrected chi connectivity index (χ0v) is 42.2. The molecule has 1 amide bonds. The van der Waals surface area contributed by atoms with Crippen molar-refractivity contribution in [3.05, 3.63) is 109 Å². The Morgan fingerprint density at radius 3 is 1.59 bits per heavy atom. The predicted molar refractivity (Wildman–Crippen MR) is 278 cm³/mol. The van der Waals surface area contributed by atoms with Crippen molar-refractivity contribution in [1.82, 2.24) is 5.32 Å². The zero-order valence-electron chi connectivity index (χ0n) is 42.2. The van der Waals surface area contributed by atoms with Gasteiger partial charge >= 0.3 is 5.97 Å². The van der Waals surface area contributed by atoms with Crippen molar-refractivity contribution in [1.29, 1.82) is 0 Å². The smallest absolute Gasteiger partial charge is 0.306 e. The fourth-order valence-electron chi connectivity index (χ4n) is 7.43. The van der Waals surface area contributed by atoms with Crippen molar-refractivity contribution in [2.24, 2.45) is 0 Å². The van der Waals surface area contributed by atoms with Crippen LogP contribution >= 0.6 is 0 Å². The summed E-state index contributed by atoms with van der Waals surface area (Å²) in [6.07, 6.45) is 48.5. The monoisotopic (exact) mass is 952 g/mol. The van der Waals surface area contributed by atoms with Crippen molar-refractivity contribution in [3.8, 4) is 0 Å². The fourth-order valence-corrected chi connectivity index (χ4v) is 7.43. The van der Waals surface area contributed by atoms with Crippen molar-refractivity contribution in [2.75, 3.05) is 13.2 Å². The number of ether oxygens (including phenoxy) is 3. The molecule has 11 nitrogen and oxygen atoms in total. The van der Waals surface area contributed by atoms with Gasteiger partial charge in [0.05, 0.1) is 25.4 Å². The van der Waals surface area contributed by atoms with Gasteiger partial charge < -0.3 is 45.1 Å². The highest BCUT2D eigenvalue weighted by molar-refractivity contribution is 5.80. The second kappa shape index (κ2) is 44.5. The number of aliphatic hydroxyl groups is 5. The summed E-state index contributed by atoms with van der Waals surface area (Å²) < 4.78 is 17.5. The second-order valence-electron chi connectivity index (χ2n) is 17.7. The highest BCUT2D eigenvalue weighted by Crippen LogP contribution is 2.26. The van der Waals surface area contributed by atoms with E-state index < -0.39 is 67.4 Å². The molecular weight excluding hydrogens is 859 g/mol. The number of carbonyl (C=O) groups excluding carboxylic acids is 2. The Morgan fingerprint density at radius 1 is 0.588 bits per heavy atom. The highest BCUT2D eigenvalue weighted by atomic mass is 16.7. The molecule has 386 valence electrons. The van der Waals surface area contributed by atoms with Crippen LogP contribution in [0.1, 0.15) is 175 Å². The van der Waals surface area contributed by atoms with Gasteiger partial charge in [-0.2, -0.15) is 0 Å². The molecule has 1 fully saturated rings. The van der Waals surface area contributed by atoms with Crippen LogP contribution in [0.3, 0.4) is 0 Å². The van der Waals surface area contributed by atoms with Gasteiger partial charge in [0.25, 0.3) is 0 Å². The van der Waals surface area contributed by atoms with Gasteiger partial charge in [-0.15, -0.1) is 0 Å². The summed E-state index contributed by atoms with van der Waals surface area (Å²) in [6.45, 7) is 5.42. The Hall–Kier alpha value is -3.68. The maximum absolute atomic E-state index is 13.3. The summed E-state index contributed by atoms with van der Waals surface area (Å²) in [4.78, 5) is 26.3. The molecule has 68 heavy (non-hydrogen) atoms. The average molecular weight is 952 g/mol. The first-order valence-corrected chi connectivity index (χ1v) is 26.3. The van der Waals surface area contributed by atoms with Gasteiger partial charge in [0.15, 0.2) is 12.4 Å². The summed E-state index contributed by atoms with van der Waals surface area (Å²) in [6, 6.07) is -1.05. The number of rotatable bonds is 41. The molecule has 1 aliphatic heterocycles. The van der Waals surface area contributed by atoms with Crippen LogP contribution in [-0.2, 0) is 23.8 Å². The van der Waals surface area contributed by atoms with Gasteiger partial charge in [0.2, 0.25) is 5.91 Å². The number of allylic oxidation sites excluding steroid dienone is 17. The molecule has 6 N–H and O–H groups in total. The third-order valence-corrected chi connectivity index (χ3v) is 11.6. The highest BCUT2D eigenvalue weighted by Gasteiger charge is 2.47. The molecule has 0 aromatic heterocycles. The molecule has 0 aromatic carbocycles. The number of carbonyl (C=O) groups is 2. The van der Waals surface area contributed by atoms with E-state index in [2.05, 4.69) is 50.4 Å². The first-order valence-electron chi connectivity index (χ1n) is 26.3. The molecule has 8 unspecified atom stereocenters. The summed E-state index contributed by atoms with van der Waals surface area (Å²) >= 11 is 0. The maximum Gasteiger partial charge on any atom is 0.306 e. The van der Waals surface area contributed by atoms with Crippen LogP contribution in [0.4, 0.5) is 0 Å². The Kier molecular flexibility index (Phi) is 40.8. The molecule has 1 saturated heterocycles. The normalized spacial score (nSPS) is 20.9. The Morgan fingerprint density at radius 2 is 1.06 bits per heavy atom. The van der Waals surface area contributed by atoms with Crippen LogP contribution in [0.15, 0.2) is 109 Å². The summed E-state index contributed by atoms with van der Waals surface area (Å²) in [7, 11) is 0. The van der Waals surface area contributed by atoms with Crippen LogP contribution in [0.5, 0.6) is 0 Å². The van der Waals surface area contributed by atoms with E-state index in [4.69, 9.17) is 14.2 Å². The quantitative estimate of drug-likeness (QED) is 0.0150. The van der Waals surface area contributed by atoms with E-state index in [1.807, 2.05) is 79.0 Å². The van der Waals surface area contributed by atoms with Crippen molar-refractivity contribution >= 4 is 11.9 Å². The zero-order chi connectivity index (χ0) is 49.7. The number of aliphatic hydroxyl groups excluding tert-OH is 5. The molecule has 8 atom stereocenters. The van der Waals surface area contributed by atoms with Gasteiger partial charge in [-0.05, 0) is 64.2 Å². The number of nitrogens with one attached hydrogen (secondary N) is 1. The van der Waals surface area contributed by atoms with Crippen molar-refractivity contribution in [3.63, 3.8) is 0 Å². The summed E-state index contributed by atoms with van der Waals surface area (Å²) in [5, 5.41) is 56.6. The lowest BCUT2D eigenvalue weighted by molar-refractivity contribution is -0.305. The summed E-state index contributed by atoms with van der Waals surface area (Å²) in [5.74, 6) is -1.27. The third-order valence-electron chi connectivity index (χ3n) is 11.6. The van der Waals surface area contributed by atoms with E-state index in [1.165, 1.54) is 44.9 Å². The minimum atomic E-state index is -1.64. The summed E-state index contributed by atoms with van der Waals surface area (Å²) in [5.41, 5.74) is 0. The Bertz CT molecular complexity index is 1510. The maximum atomic E-state index is 13.3. The molecule has 1 heterocycles. The number of hydrogen-bond acceptors (Lipinski definition) is 10. The number of unbranched alkanes of at least 4 members (excludes halogenated alkanes) is 17. The minimum Gasteiger partial charge on any atom is -0.454 e. The number of esters is 1. The van der Waals surface area contributed by atoms with Gasteiger partial charge in [-0.1, -0.05) is 214 Å². The topological polar surface area (TPSA) is 175 Å². The molecule has 0 radical (unpaired) electrons. The molecule has 0 spiro atoms. The van der Waals surface area contributed by atoms with Gasteiger partial charge in [0, 0.05) is 6.42 Å². The van der Waals surface area contributed by atoms with E-state index in [0.717, 1.165) is 83.5 Å². The molecule has 0 bridgehead atoms. The van der Waals surface area contributed by atoms with E-state index in [-0.39, 0.29) is 19.4 Å². The molecular formula is C57H93NO10. The number of hydrogen-bond donors (Lipinski definition) is 6. The second-order valence-corrected chi connectivity index (χ2v) is 17.7. The SMILES string of the molecule is CC/C=C/C=C/C=C\C=C/C=C/CCCCCC(=O)OC1C(OCC(NC(=O)C(O)CCCCCC\C=C/C=C/C=C/CC)C(O)/C=C/CCCCCCCCCCCC)OC(CO)C(O)C1O. The van der Waals surface area contributed by atoms with Gasteiger partial charge in [-0.25, -0.2) is 0 Å². The lowest BCUT2D eigenvalue weighted by Gasteiger charge is -2.41. The van der Waals surface area contributed by atoms with E-state index in [9.17, 15) is 35.1 Å². The van der Waals surface area contributed by atoms with Crippen LogP contribution in [0.2, 0.25) is 0 Å². The molecule has 11 heteroatoms. The molecule has 0 aromatic rings. The van der Waals surface area contributed by atoms with Gasteiger partial charge in [-0.3, -0.25) is 9.59 Å². The van der Waals surface area contributed by atoms with E-state index in [1.54, 1.807) is 6.08 Å². The van der Waals surface area contributed by atoms with Crippen molar-refractivity contribution in [2.45, 2.75) is 224 Å². The standard InChI is InChI=1S/C57H93NO10/c1-4-7-10-13-16-19-22-25-26-27-30-33-36-39-42-45-52(62)68-55-54(64)53(63)51(46-59)67-57(55)66-47-48(49(60)43-40-37-34-31-28-23-20-17-14-11-8-5-2)58-56(65)50(61)44-41-38-35-32-29-24-21-18-15-12-9-6-3/h7,9-10,12-13,15-16,18-19,21-22,24-27,30,40,43,48-51,53-55,57,59-61,63-64H,4-6,8,11,14,17,20,23,28-29,31-39,41-42,44-47H2,1-3H3,(H,58,65)/b10-7+,12-9+,16-13+,18-15+,22-19-,24-21-,26-25-,30-27+,43-40+. The molecule has 1 aliphatic rings. The van der Waals surface area contributed by atoms with Crippen LogP contribution < -0.4 is 5.32 Å². The lowest BCUT2D eigenvalue weighted by Crippen LogP contribution is -2.61. The Labute approximate surface area is 411 Å². The first kappa shape index (κ1) is 62.3. The average Bonchev–Trinajstić information content (AvgIpc) is 3.33. The number of amides is 1. The Balaban J connectivity index is 2.83. The van der Waals surface area contributed by atoms with Crippen LogP contribution in [0.25, 0.3) is 0 Å². The van der Waals surface area contributed by atoms with E-state index >= 15 is 0 Å². The predicted octanol–water partition coefficient (Wildman–Crippen LogP) is 11.0. The lowest BCUT2D eigenvalue weighted by atomic mass is 9.99. The van der Waals surface area contributed by atoms with Crippen LogP contribution in [-0.4, -0.2) is 99.6 Å². The minimum absolute atomic E-state index is 0.0653. The van der Waals surface area contributed by atoms with Crippen LogP contribution in [0, 0.1) is 0 Å². The van der Waals surface area contributed by atoms with Gasteiger partial charge in [0.1, 0.15) is 24.4 Å². The third kappa shape index (κ3) is 33.0. The van der Waals surface area contributed by atoms with Crippen molar-refractivity contribution < 1.29 is 49.3 Å². The first-order chi connectivity index (χ1) is 33.2. The fraction of sp³-hybridized carbons (Fsp3) is 0.649. The van der Waals surface area contributed by atoms with E-state index in [0.29, 0.717) is 12.8 Å². The molecule has 0 aliphatic carbocycles. The molecule has 1 rings (SSSR count).